The second-order valence-corrected chi connectivity index (χ2v) is 5.01. The van der Waals surface area contributed by atoms with E-state index in [-0.39, 0.29) is 0 Å². The lowest BCUT2D eigenvalue weighted by Crippen LogP contribution is -2.23. The minimum absolute atomic E-state index is 0.633. The second-order valence-electron chi connectivity index (χ2n) is 5.01. The van der Waals surface area contributed by atoms with E-state index in [4.69, 9.17) is 10.5 Å². The third kappa shape index (κ3) is 3.16. The first-order valence-electron chi connectivity index (χ1n) is 7.02. The molecule has 3 nitrogen and oxygen atoms in total. The van der Waals surface area contributed by atoms with Crippen LogP contribution in [-0.2, 0) is 0 Å². The van der Waals surface area contributed by atoms with Gasteiger partial charge in [0.1, 0.15) is 5.75 Å². The molecule has 0 aromatic heterocycles. The molecule has 1 saturated heterocycles. The molecule has 0 spiro atoms. The molecule has 0 saturated carbocycles. The zero-order chi connectivity index (χ0) is 12.8. The molecule has 2 rings (SSSR count). The van der Waals surface area contributed by atoms with E-state index in [0.717, 1.165) is 38.4 Å². The highest BCUT2D eigenvalue weighted by Gasteiger charge is 2.23. The summed E-state index contributed by atoms with van der Waals surface area (Å²) in [5.74, 6) is 1.65. The molecule has 18 heavy (non-hydrogen) atoms. The van der Waals surface area contributed by atoms with Crippen LogP contribution in [0.25, 0.3) is 0 Å². The third-order valence-electron chi connectivity index (χ3n) is 3.58. The fourth-order valence-corrected chi connectivity index (χ4v) is 2.41. The van der Waals surface area contributed by atoms with Crippen molar-refractivity contribution in [3.63, 3.8) is 0 Å². The summed E-state index contributed by atoms with van der Waals surface area (Å²) in [4.78, 5) is 2.40. The van der Waals surface area contributed by atoms with Gasteiger partial charge in [0, 0.05) is 13.1 Å². The highest BCUT2D eigenvalue weighted by atomic mass is 16.5. The van der Waals surface area contributed by atoms with Crippen LogP contribution in [0.2, 0.25) is 0 Å². The number of anilines is 1. The van der Waals surface area contributed by atoms with Crippen molar-refractivity contribution in [3.05, 3.63) is 24.3 Å². The van der Waals surface area contributed by atoms with Crippen molar-refractivity contribution >= 4 is 5.69 Å². The number of nitrogens with two attached hydrogens (primary N) is 1. The number of hydrogen-bond donors (Lipinski definition) is 1. The lowest BCUT2D eigenvalue weighted by Gasteiger charge is -2.22. The molecule has 0 aliphatic carbocycles. The van der Waals surface area contributed by atoms with Crippen LogP contribution in [0.15, 0.2) is 24.3 Å². The molecule has 0 amide bonds. The molecule has 100 valence electrons. The lowest BCUT2D eigenvalue weighted by atomic mass is 10.1. The van der Waals surface area contributed by atoms with Gasteiger partial charge < -0.3 is 15.4 Å². The summed E-state index contributed by atoms with van der Waals surface area (Å²) in [5, 5.41) is 0. The Morgan fingerprint density at radius 2 is 2.22 bits per heavy atom. The van der Waals surface area contributed by atoms with Gasteiger partial charge in [-0.1, -0.05) is 25.5 Å². The molecule has 2 N–H and O–H groups in total. The van der Waals surface area contributed by atoms with E-state index in [0.29, 0.717) is 5.92 Å². The number of unbranched alkanes of at least 4 members (excludes halogenated alkanes) is 1. The van der Waals surface area contributed by atoms with Crippen LogP contribution in [0.4, 0.5) is 5.69 Å². The SMILES string of the molecule is CCCCOc1ccccc1N1CCC(CN)C1. The fraction of sp³-hybridized carbons (Fsp3) is 0.600. The van der Waals surface area contributed by atoms with Gasteiger partial charge in [-0.25, -0.2) is 0 Å². The number of ether oxygens (including phenoxy) is 1. The molecule has 1 aromatic carbocycles. The largest absolute Gasteiger partial charge is 0.491 e. The molecule has 1 heterocycles. The van der Waals surface area contributed by atoms with Gasteiger partial charge in [0.25, 0.3) is 0 Å². The van der Waals surface area contributed by atoms with Crippen molar-refractivity contribution in [2.75, 3.05) is 31.1 Å². The van der Waals surface area contributed by atoms with Crippen molar-refractivity contribution in [2.24, 2.45) is 11.7 Å². The van der Waals surface area contributed by atoms with Gasteiger partial charge in [-0.15, -0.1) is 0 Å². The maximum absolute atomic E-state index is 5.89. The maximum Gasteiger partial charge on any atom is 0.142 e. The Bertz CT molecular complexity index is 367. The summed E-state index contributed by atoms with van der Waals surface area (Å²) in [6.07, 6.45) is 3.47. The summed E-state index contributed by atoms with van der Waals surface area (Å²) in [6.45, 7) is 5.93. The van der Waals surface area contributed by atoms with E-state index in [9.17, 15) is 0 Å². The van der Waals surface area contributed by atoms with Gasteiger partial charge in [-0.3, -0.25) is 0 Å². The predicted octanol–water partition coefficient (Wildman–Crippen LogP) is 2.65. The zero-order valence-corrected chi connectivity index (χ0v) is 11.3. The number of rotatable bonds is 6. The quantitative estimate of drug-likeness (QED) is 0.787. The average molecular weight is 248 g/mol. The standard InChI is InChI=1S/C15H24N2O/c1-2-3-10-18-15-7-5-4-6-14(15)17-9-8-13(11-16)12-17/h4-7,13H,2-3,8-12,16H2,1H3. The van der Waals surface area contributed by atoms with Crippen molar-refractivity contribution in [3.8, 4) is 5.75 Å². The molecule has 1 aliphatic heterocycles. The van der Waals surface area contributed by atoms with Gasteiger partial charge in [-0.2, -0.15) is 0 Å². The Hall–Kier alpha value is -1.22. The first-order chi connectivity index (χ1) is 8.85. The second kappa shape index (κ2) is 6.64. The van der Waals surface area contributed by atoms with Crippen LogP contribution in [0, 0.1) is 5.92 Å². The van der Waals surface area contributed by atoms with Gasteiger partial charge in [-0.05, 0) is 37.4 Å². The Morgan fingerprint density at radius 1 is 1.39 bits per heavy atom. The molecule has 1 aliphatic rings. The van der Waals surface area contributed by atoms with Crippen LogP contribution in [0.3, 0.4) is 0 Å². The highest BCUT2D eigenvalue weighted by molar-refractivity contribution is 5.59. The summed E-state index contributed by atoms with van der Waals surface area (Å²) in [7, 11) is 0. The van der Waals surface area contributed by atoms with Crippen molar-refractivity contribution in [2.45, 2.75) is 26.2 Å². The van der Waals surface area contributed by atoms with Gasteiger partial charge in [0.15, 0.2) is 0 Å². The molecule has 1 fully saturated rings. The molecule has 1 aromatic rings. The number of nitrogens with zero attached hydrogens (tertiary/aromatic N) is 1. The first-order valence-corrected chi connectivity index (χ1v) is 7.02. The van der Waals surface area contributed by atoms with E-state index in [2.05, 4.69) is 30.0 Å². The van der Waals surface area contributed by atoms with E-state index in [1.54, 1.807) is 0 Å². The Labute approximate surface area is 110 Å². The summed E-state index contributed by atoms with van der Waals surface area (Å²) in [5.41, 5.74) is 6.98. The topological polar surface area (TPSA) is 38.5 Å². The molecule has 1 atom stereocenters. The van der Waals surface area contributed by atoms with Crippen LogP contribution >= 0.6 is 0 Å². The third-order valence-corrected chi connectivity index (χ3v) is 3.58. The summed E-state index contributed by atoms with van der Waals surface area (Å²) < 4.78 is 5.89. The number of para-hydroxylation sites is 2. The van der Waals surface area contributed by atoms with Crippen molar-refractivity contribution in [1.82, 2.24) is 0 Å². The van der Waals surface area contributed by atoms with E-state index in [1.807, 2.05) is 6.07 Å². The van der Waals surface area contributed by atoms with Crippen LogP contribution < -0.4 is 15.4 Å². The molecular formula is C15H24N2O. The normalized spacial score (nSPS) is 19.2. The van der Waals surface area contributed by atoms with Gasteiger partial charge in [0.05, 0.1) is 12.3 Å². The summed E-state index contributed by atoms with van der Waals surface area (Å²) >= 11 is 0. The number of hydrogen-bond acceptors (Lipinski definition) is 3. The average Bonchev–Trinajstić information content (AvgIpc) is 2.88. The highest BCUT2D eigenvalue weighted by Crippen LogP contribution is 2.32. The minimum Gasteiger partial charge on any atom is -0.491 e. The van der Waals surface area contributed by atoms with Gasteiger partial charge in [0.2, 0.25) is 0 Å². The van der Waals surface area contributed by atoms with Crippen molar-refractivity contribution < 1.29 is 4.74 Å². The Kier molecular flexibility index (Phi) is 4.88. The van der Waals surface area contributed by atoms with E-state index < -0.39 is 0 Å². The zero-order valence-electron chi connectivity index (χ0n) is 11.3. The van der Waals surface area contributed by atoms with Gasteiger partial charge >= 0.3 is 0 Å². The fourth-order valence-electron chi connectivity index (χ4n) is 2.41. The molecule has 3 heteroatoms. The summed E-state index contributed by atoms with van der Waals surface area (Å²) in [6, 6.07) is 8.35. The lowest BCUT2D eigenvalue weighted by molar-refractivity contribution is 0.310. The predicted molar refractivity (Wildman–Crippen MR) is 76.2 cm³/mol. The van der Waals surface area contributed by atoms with Crippen LogP contribution in [-0.4, -0.2) is 26.2 Å². The first kappa shape index (κ1) is 13.2. The number of benzene rings is 1. The van der Waals surface area contributed by atoms with E-state index >= 15 is 0 Å². The molecule has 1 unspecified atom stereocenters. The molecule has 0 radical (unpaired) electrons. The Balaban J connectivity index is 2.03. The minimum atomic E-state index is 0.633. The molecular weight excluding hydrogens is 224 g/mol. The Morgan fingerprint density at radius 3 is 2.94 bits per heavy atom. The monoisotopic (exact) mass is 248 g/mol. The maximum atomic E-state index is 5.89. The van der Waals surface area contributed by atoms with Crippen LogP contribution in [0.1, 0.15) is 26.2 Å². The van der Waals surface area contributed by atoms with Crippen molar-refractivity contribution in [1.29, 1.82) is 0 Å². The smallest absolute Gasteiger partial charge is 0.142 e. The van der Waals surface area contributed by atoms with E-state index in [1.165, 1.54) is 18.5 Å². The van der Waals surface area contributed by atoms with Crippen LogP contribution in [0.5, 0.6) is 5.75 Å². The molecule has 0 bridgehead atoms.